The van der Waals surface area contributed by atoms with E-state index < -0.39 is 4.92 Å². The van der Waals surface area contributed by atoms with Gasteiger partial charge < -0.3 is 10.6 Å². The predicted octanol–water partition coefficient (Wildman–Crippen LogP) is 2.88. The number of anilines is 3. The fourth-order valence-corrected chi connectivity index (χ4v) is 2.59. The van der Waals surface area contributed by atoms with Crippen LogP contribution >= 0.6 is 0 Å². The van der Waals surface area contributed by atoms with Crippen molar-refractivity contribution in [1.82, 2.24) is 15.0 Å². The number of hydrogen-bond donors (Lipinski definition) is 2. The first-order chi connectivity index (χ1) is 10.7. The molecule has 0 aliphatic heterocycles. The summed E-state index contributed by atoms with van der Waals surface area (Å²) in [6, 6.07) is 3.75. The molecule has 0 radical (unpaired) electrons. The van der Waals surface area contributed by atoms with Crippen molar-refractivity contribution in [1.29, 1.82) is 0 Å². The van der Waals surface area contributed by atoms with Gasteiger partial charge in [0.1, 0.15) is 6.33 Å². The minimum atomic E-state index is -0.462. The molecule has 114 valence electrons. The van der Waals surface area contributed by atoms with Gasteiger partial charge in [0, 0.05) is 12.2 Å². The molecule has 2 aromatic heterocycles. The van der Waals surface area contributed by atoms with Gasteiger partial charge in [-0.25, -0.2) is 9.97 Å². The van der Waals surface area contributed by atoms with Crippen LogP contribution < -0.4 is 10.6 Å². The third kappa shape index (κ3) is 3.11. The molecule has 2 N–H and O–H groups in total. The summed E-state index contributed by atoms with van der Waals surface area (Å²) < 4.78 is 0. The van der Waals surface area contributed by atoms with Crippen molar-refractivity contribution in [3.05, 3.63) is 41.0 Å². The van der Waals surface area contributed by atoms with Gasteiger partial charge in [0.05, 0.1) is 16.8 Å². The van der Waals surface area contributed by atoms with E-state index in [4.69, 9.17) is 0 Å². The number of nitrogens with one attached hydrogen (secondary N) is 2. The molecule has 2 heterocycles. The summed E-state index contributed by atoms with van der Waals surface area (Å²) in [6.07, 6.45) is 8.82. The zero-order valence-electron chi connectivity index (χ0n) is 11.9. The summed E-state index contributed by atoms with van der Waals surface area (Å²) in [5.74, 6) is 0.423. The van der Waals surface area contributed by atoms with Crippen molar-refractivity contribution in [3.8, 4) is 0 Å². The summed E-state index contributed by atoms with van der Waals surface area (Å²) in [7, 11) is 0. The van der Waals surface area contributed by atoms with Crippen molar-refractivity contribution in [2.24, 2.45) is 0 Å². The maximum atomic E-state index is 11.4. The first-order valence-corrected chi connectivity index (χ1v) is 7.17. The summed E-state index contributed by atoms with van der Waals surface area (Å²) in [4.78, 5) is 23.0. The Morgan fingerprint density at radius 1 is 1.23 bits per heavy atom. The summed E-state index contributed by atoms with van der Waals surface area (Å²) in [5.41, 5.74) is 0.495. The molecule has 0 amide bonds. The maximum absolute atomic E-state index is 11.4. The molecular weight excluding hydrogens is 284 g/mol. The van der Waals surface area contributed by atoms with Crippen molar-refractivity contribution >= 4 is 23.0 Å². The smallest absolute Gasteiger partial charge is 0.353 e. The molecule has 1 aliphatic carbocycles. The van der Waals surface area contributed by atoms with Gasteiger partial charge in [0.2, 0.25) is 11.6 Å². The fraction of sp³-hybridized carbons (Fsp3) is 0.357. The average Bonchev–Trinajstić information content (AvgIpc) is 3.01. The zero-order chi connectivity index (χ0) is 15.4. The molecule has 0 saturated heterocycles. The van der Waals surface area contributed by atoms with Crippen molar-refractivity contribution < 1.29 is 4.92 Å². The van der Waals surface area contributed by atoms with E-state index in [-0.39, 0.29) is 23.4 Å². The van der Waals surface area contributed by atoms with Gasteiger partial charge >= 0.3 is 5.69 Å². The third-order valence-electron chi connectivity index (χ3n) is 3.63. The summed E-state index contributed by atoms with van der Waals surface area (Å²) >= 11 is 0. The SMILES string of the molecule is O=[N+]([O-])c1c(Nc2cccnc2)ncnc1NC1CCCC1. The Labute approximate surface area is 127 Å². The lowest BCUT2D eigenvalue weighted by Crippen LogP contribution is -2.17. The summed E-state index contributed by atoms with van der Waals surface area (Å²) in [5, 5.41) is 17.5. The Morgan fingerprint density at radius 2 is 2.00 bits per heavy atom. The van der Waals surface area contributed by atoms with Crippen LogP contribution in [-0.2, 0) is 0 Å². The van der Waals surface area contributed by atoms with E-state index in [9.17, 15) is 10.1 Å². The number of aromatic nitrogens is 3. The van der Waals surface area contributed by atoms with E-state index in [0.29, 0.717) is 5.69 Å². The molecule has 1 saturated carbocycles. The van der Waals surface area contributed by atoms with Crippen LogP contribution in [0.4, 0.5) is 23.0 Å². The molecule has 0 aromatic carbocycles. The maximum Gasteiger partial charge on any atom is 0.353 e. The van der Waals surface area contributed by atoms with Crippen LogP contribution in [0.25, 0.3) is 0 Å². The van der Waals surface area contributed by atoms with Gasteiger partial charge in [-0.1, -0.05) is 12.8 Å². The van der Waals surface area contributed by atoms with Crippen LogP contribution in [0.3, 0.4) is 0 Å². The highest BCUT2D eigenvalue weighted by atomic mass is 16.6. The van der Waals surface area contributed by atoms with Gasteiger partial charge in [-0.15, -0.1) is 0 Å². The van der Waals surface area contributed by atoms with Crippen LogP contribution in [0.2, 0.25) is 0 Å². The Hall–Kier alpha value is -2.77. The Kier molecular flexibility index (Phi) is 4.08. The van der Waals surface area contributed by atoms with Gasteiger partial charge in [-0.3, -0.25) is 15.1 Å². The van der Waals surface area contributed by atoms with Crippen LogP contribution in [0.1, 0.15) is 25.7 Å². The summed E-state index contributed by atoms with van der Waals surface area (Å²) in [6.45, 7) is 0. The minimum Gasteiger partial charge on any atom is -0.361 e. The van der Waals surface area contributed by atoms with Crippen LogP contribution in [0.5, 0.6) is 0 Å². The largest absolute Gasteiger partial charge is 0.361 e. The number of nitrogens with zero attached hydrogens (tertiary/aromatic N) is 4. The van der Waals surface area contributed by atoms with Crippen molar-refractivity contribution in [2.75, 3.05) is 10.6 Å². The van der Waals surface area contributed by atoms with Crippen LogP contribution in [0.15, 0.2) is 30.9 Å². The lowest BCUT2D eigenvalue weighted by molar-refractivity contribution is -0.383. The fourth-order valence-electron chi connectivity index (χ4n) is 2.59. The Morgan fingerprint density at radius 3 is 2.68 bits per heavy atom. The lowest BCUT2D eigenvalue weighted by atomic mass is 10.2. The van der Waals surface area contributed by atoms with Gasteiger partial charge in [0.25, 0.3) is 0 Å². The third-order valence-corrected chi connectivity index (χ3v) is 3.63. The molecule has 3 rings (SSSR count). The van der Waals surface area contributed by atoms with Crippen molar-refractivity contribution in [2.45, 2.75) is 31.7 Å². The van der Waals surface area contributed by atoms with E-state index in [0.717, 1.165) is 25.7 Å². The second-order valence-corrected chi connectivity index (χ2v) is 5.17. The van der Waals surface area contributed by atoms with Crippen molar-refractivity contribution in [3.63, 3.8) is 0 Å². The molecule has 8 nitrogen and oxygen atoms in total. The molecule has 0 bridgehead atoms. The average molecular weight is 300 g/mol. The minimum absolute atomic E-state index is 0.141. The predicted molar refractivity (Wildman–Crippen MR) is 82.1 cm³/mol. The topological polar surface area (TPSA) is 106 Å². The monoisotopic (exact) mass is 300 g/mol. The number of pyridine rings is 1. The van der Waals surface area contributed by atoms with Gasteiger partial charge in [-0.05, 0) is 25.0 Å². The molecule has 0 atom stereocenters. The van der Waals surface area contributed by atoms with Crippen LogP contribution in [-0.4, -0.2) is 25.9 Å². The molecule has 0 unspecified atom stereocenters. The highest BCUT2D eigenvalue weighted by Gasteiger charge is 2.26. The van der Waals surface area contributed by atoms with E-state index in [1.807, 2.05) is 0 Å². The highest BCUT2D eigenvalue weighted by molar-refractivity contribution is 5.73. The standard InChI is InChI=1S/C14H16N6O2/c21-20(22)12-13(18-10-4-1-2-5-10)16-9-17-14(12)19-11-6-3-7-15-8-11/h3,6-10H,1-2,4-5H2,(H2,16,17,18,19). The zero-order valence-corrected chi connectivity index (χ0v) is 11.9. The van der Waals surface area contributed by atoms with E-state index in [1.54, 1.807) is 24.5 Å². The van der Waals surface area contributed by atoms with Gasteiger partial charge in [0.15, 0.2) is 0 Å². The lowest BCUT2D eigenvalue weighted by Gasteiger charge is -2.14. The quantitative estimate of drug-likeness (QED) is 0.646. The van der Waals surface area contributed by atoms with E-state index in [1.165, 1.54) is 6.33 Å². The molecule has 8 heteroatoms. The highest BCUT2D eigenvalue weighted by Crippen LogP contribution is 2.33. The number of rotatable bonds is 5. The second kappa shape index (κ2) is 6.33. The van der Waals surface area contributed by atoms with Gasteiger partial charge in [-0.2, -0.15) is 0 Å². The first-order valence-electron chi connectivity index (χ1n) is 7.17. The Bertz CT molecular complexity index is 658. The number of hydrogen-bond acceptors (Lipinski definition) is 7. The second-order valence-electron chi connectivity index (χ2n) is 5.17. The molecule has 1 aliphatic rings. The molecular formula is C14H16N6O2. The van der Waals surface area contributed by atoms with Crippen LogP contribution in [0, 0.1) is 10.1 Å². The molecule has 22 heavy (non-hydrogen) atoms. The number of nitro groups is 1. The normalized spacial score (nSPS) is 14.7. The first kappa shape index (κ1) is 14.2. The molecule has 0 spiro atoms. The van der Waals surface area contributed by atoms with E-state index in [2.05, 4.69) is 25.6 Å². The Balaban J connectivity index is 1.90. The molecule has 2 aromatic rings. The molecule has 1 fully saturated rings. The van der Waals surface area contributed by atoms with E-state index >= 15 is 0 Å².